The number of carboxylic acids is 1. The number of aromatic amines is 1. The molecule has 0 unspecified atom stereocenters. The molecule has 1 saturated heterocycles. The fourth-order valence-corrected chi connectivity index (χ4v) is 4.52. The van der Waals surface area contributed by atoms with Crippen molar-refractivity contribution in [3.05, 3.63) is 48.0 Å². The van der Waals surface area contributed by atoms with Crippen LogP contribution >= 0.6 is 0 Å². The molecule has 0 aliphatic carbocycles. The molecule has 222 valence electrons. The van der Waals surface area contributed by atoms with Crippen LogP contribution < -0.4 is 27.8 Å². The quantitative estimate of drug-likeness (QED) is 0.0725. The van der Waals surface area contributed by atoms with Gasteiger partial charge in [-0.15, -0.1) is 0 Å². The second-order valence-electron chi connectivity index (χ2n) is 9.78. The summed E-state index contributed by atoms with van der Waals surface area (Å²) >= 11 is 0. The molecule has 3 rings (SSSR count). The van der Waals surface area contributed by atoms with E-state index in [-0.39, 0.29) is 50.5 Å². The Kier molecular flexibility index (Phi) is 10.5. The van der Waals surface area contributed by atoms with E-state index in [4.69, 9.17) is 18.6 Å². The minimum absolute atomic E-state index is 0.0215. The van der Waals surface area contributed by atoms with E-state index in [9.17, 15) is 29.4 Å². The number of rotatable bonds is 14. The summed E-state index contributed by atoms with van der Waals surface area (Å²) in [5, 5.41) is 22.2. The van der Waals surface area contributed by atoms with Crippen LogP contribution in [0.25, 0.3) is 0 Å². The van der Waals surface area contributed by atoms with Crippen LogP contribution in [-0.4, -0.2) is 92.0 Å². The number of aliphatic imine (C=N–C) groups is 1. The molecule has 1 aromatic heterocycles. The predicted molar refractivity (Wildman–Crippen MR) is 148 cm³/mol. The molecule has 0 saturated carbocycles. The van der Waals surface area contributed by atoms with Crippen LogP contribution in [0.15, 0.2) is 41.8 Å². The first-order chi connectivity index (χ1) is 20.0. The van der Waals surface area contributed by atoms with Gasteiger partial charge < -0.3 is 47.9 Å². The van der Waals surface area contributed by atoms with E-state index in [1.165, 1.54) is 29.6 Å². The minimum atomic E-state index is -1.33. The number of benzene rings is 1. The van der Waals surface area contributed by atoms with Gasteiger partial charge in [0.25, 0.3) is 0 Å². The van der Waals surface area contributed by atoms with Crippen molar-refractivity contribution in [2.45, 2.75) is 62.7 Å². The summed E-state index contributed by atoms with van der Waals surface area (Å²) in [6.45, 7) is 0.422. The number of hydrogen-bond acceptors (Lipinski definition) is 8. The third kappa shape index (κ3) is 9.20. The van der Waals surface area contributed by atoms with E-state index < -0.39 is 47.9 Å². The predicted octanol–water partition coefficient (Wildman–Crippen LogP) is -1.67. The topological polar surface area (TPSA) is 255 Å². The van der Waals surface area contributed by atoms with Crippen molar-refractivity contribution in [3.63, 3.8) is 0 Å². The monoisotopic (exact) mass is 572 g/mol. The summed E-state index contributed by atoms with van der Waals surface area (Å²) in [7, 11) is 0. The van der Waals surface area contributed by atoms with Crippen LogP contribution in [0, 0.1) is 0 Å². The first kappa shape index (κ1) is 29.3. The maximum absolute atomic E-state index is 13.8. The average molecular weight is 573 g/mol. The van der Waals surface area contributed by atoms with Gasteiger partial charge in [-0.2, -0.15) is 0 Å². The van der Waals surface area contributed by atoms with Gasteiger partial charge in [0.2, 0.25) is 17.7 Å². The smallest absolute Gasteiger partial charge is 0.326 e. The normalized spacial score (nSPS) is 17.1. The van der Waals surface area contributed by atoms with E-state index in [1.807, 2.05) is 0 Å². The number of carboxylic acid groups (broad SMARTS) is 1. The number of aromatic hydroxyl groups is 1. The molecule has 2 heterocycles. The Morgan fingerprint density at radius 1 is 1.20 bits per heavy atom. The molecule has 15 heteroatoms. The fourth-order valence-electron chi connectivity index (χ4n) is 4.52. The average Bonchev–Trinajstić information content (AvgIpc) is 3.66. The van der Waals surface area contributed by atoms with Crippen molar-refractivity contribution >= 4 is 29.7 Å². The standard InChI is InChI=1S/C26H37N9O6/c27-18(3-1-9-31-26(28)29)22(37)33-19(12-16-13-30-14-32-16)24(39)35-10-2-4-21(35)23(38)34-20(25(40)41)11-15-5-7-17(36)8-6-15/h5-8,13-14,18-21,36H,1-4,9-12,27H2,(H,30,32)(H,33,37)(H,34,38)(H,40,41)(H4,28,29,31)/t18-,19+,20-,21+/m1/s1/i/hD. The van der Waals surface area contributed by atoms with Gasteiger partial charge in [-0.25, -0.2) is 9.78 Å². The number of imidazole rings is 1. The molecule has 15 nitrogen and oxygen atoms in total. The van der Waals surface area contributed by atoms with Crippen molar-refractivity contribution in [2.24, 2.45) is 22.2 Å². The highest BCUT2D eigenvalue weighted by molar-refractivity contribution is 5.94. The maximum atomic E-state index is 13.8. The Hall–Kier alpha value is -4.66. The number of aliphatic carboxylic acids is 1. The van der Waals surface area contributed by atoms with E-state index in [0.29, 0.717) is 29.4 Å². The molecule has 41 heavy (non-hydrogen) atoms. The lowest BCUT2D eigenvalue weighted by molar-refractivity contribution is -0.144. The molecule has 0 bridgehead atoms. The number of nitrogens with one attached hydrogen (secondary N) is 3. The van der Waals surface area contributed by atoms with E-state index >= 15 is 0 Å². The molecule has 1 aromatic carbocycles. The number of hydrogen-bond donors (Lipinski definition) is 8. The molecular weight excluding hydrogens is 534 g/mol. The largest absolute Gasteiger partial charge is 0.508 e. The van der Waals surface area contributed by atoms with Crippen molar-refractivity contribution in [2.75, 3.05) is 13.1 Å². The number of carbonyl (C=O) groups is 4. The van der Waals surface area contributed by atoms with E-state index in [0.717, 1.165) is 0 Å². The van der Waals surface area contributed by atoms with E-state index in [1.54, 1.807) is 12.1 Å². The number of aromatic nitrogens is 2. The van der Waals surface area contributed by atoms with Crippen LogP contribution in [-0.2, 0) is 32.0 Å². The van der Waals surface area contributed by atoms with Gasteiger partial charge in [-0.1, -0.05) is 12.1 Å². The molecule has 0 radical (unpaired) electrons. The van der Waals surface area contributed by atoms with Crippen LogP contribution in [0.2, 0.25) is 1.41 Å². The van der Waals surface area contributed by atoms with E-state index in [2.05, 4.69) is 20.3 Å². The number of likely N-dealkylation sites (tertiary alicyclic amines) is 1. The van der Waals surface area contributed by atoms with Gasteiger partial charge >= 0.3 is 5.97 Å². The lowest BCUT2D eigenvalue weighted by Gasteiger charge is -2.30. The zero-order valence-electron chi connectivity index (χ0n) is 23.5. The summed E-state index contributed by atoms with van der Waals surface area (Å²) in [6, 6.07) is 1.22. The lowest BCUT2D eigenvalue weighted by Crippen LogP contribution is -2.57. The number of nitrogens with two attached hydrogens (primary N) is 3. The summed E-state index contributed by atoms with van der Waals surface area (Å²) in [5.74, 6) is -3.44. The van der Waals surface area contributed by atoms with Gasteiger partial charge in [0, 0.05) is 37.8 Å². The Balaban J connectivity index is 1.74. The zero-order valence-corrected chi connectivity index (χ0v) is 22.5. The fraction of sp³-hybridized carbons (Fsp3) is 0.462. The van der Waals surface area contributed by atoms with Crippen LogP contribution in [0.1, 0.15) is 36.9 Å². The Bertz CT molecular complexity index is 1250. The molecule has 11 N–H and O–H groups in total. The molecule has 1 aliphatic heterocycles. The highest BCUT2D eigenvalue weighted by Crippen LogP contribution is 2.20. The number of nitrogens with zero attached hydrogens (tertiary/aromatic N) is 3. The van der Waals surface area contributed by atoms with Crippen LogP contribution in [0.3, 0.4) is 0 Å². The molecule has 0 spiro atoms. The summed E-state index contributed by atoms with van der Waals surface area (Å²) < 4.78 is 8.55. The Morgan fingerprint density at radius 2 is 1.93 bits per heavy atom. The highest BCUT2D eigenvalue weighted by Gasteiger charge is 2.39. The molecule has 1 fully saturated rings. The van der Waals surface area contributed by atoms with Gasteiger partial charge in [0.1, 0.15) is 23.9 Å². The third-order valence-electron chi connectivity index (χ3n) is 6.65. The molecule has 1 aliphatic rings. The minimum Gasteiger partial charge on any atom is -0.508 e. The number of phenolic OH excluding ortho intramolecular Hbond substituents is 1. The third-order valence-corrected chi connectivity index (χ3v) is 6.65. The number of amides is 3. The molecule has 4 atom stereocenters. The van der Waals surface area contributed by atoms with Gasteiger partial charge in [-0.3, -0.25) is 19.4 Å². The summed E-state index contributed by atoms with van der Waals surface area (Å²) in [6.07, 6.45) is 4.02. The van der Waals surface area contributed by atoms with Gasteiger partial charge in [-0.05, 0) is 43.4 Å². The van der Waals surface area contributed by atoms with Crippen molar-refractivity contribution in [1.29, 1.82) is 0 Å². The number of guanidine groups is 1. The maximum Gasteiger partial charge on any atom is 0.326 e. The number of H-pyrrole nitrogens is 1. The summed E-state index contributed by atoms with van der Waals surface area (Å²) in [5.41, 5.74) is 17.7. The second-order valence-corrected chi connectivity index (χ2v) is 9.78. The van der Waals surface area contributed by atoms with Crippen LogP contribution in [0.4, 0.5) is 0 Å². The van der Waals surface area contributed by atoms with Gasteiger partial charge in [0.05, 0.1) is 12.4 Å². The molecule has 2 aromatic rings. The number of carbonyl (C=O) groups excluding carboxylic acids is 3. The lowest BCUT2D eigenvalue weighted by atomic mass is 10.0. The SMILES string of the molecule is [2H]N(C(=O)[C@H](N)CCCN=C(N)N)[C@@H](Cc1cnc[nH]1)C(=O)N1CCC[C@H]1C(=O)N[C@H](Cc1ccc(O)cc1)C(=O)O. The zero-order chi connectivity index (χ0) is 30.8. The first-order valence-electron chi connectivity index (χ1n) is 13.6. The second kappa shape index (κ2) is 14.6. The van der Waals surface area contributed by atoms with Gasteiger partial charge in [0.15, 0.2) is 7.37 Å². The van der Waals surface area contributed by atoms with Crippen molar-refractivity contribution in [3.8, 4) is 5.75 Å². The number of phenols is 1. The Morgan fingerprint density at radius 3 is 2.56 bits per heavy atom. The van der Waals surface area contributed by atoms with Crippen molar-refractivity contribution in [1.82, 2.24) is 25.5 Å². The molecule has 3 amide bonds. The summed E-state index contributed by atoms with van der Waals surface area (Å²) in [4.78, 5) is 64.0. The highest BCUT2D eigenvalue weighted by atomic mass is 16.4. The first-order valence-corrected chi connectivity index (χ1v) is 13.2. The molecular formula is C26H37N9O6. The Labute approximate surface area is 238 Å². The van der Waals surface area contributed by atoms with Crippen molar-refractivity contribution < 1.29 is 30.8 Å². The van der Waals surface area contributed by atoms with Crippen LogP contribution in [0.5, 0.6) is 5.75 Å².